The Morgan fingerprint density at radius 1 is 1.12 bits per heavy atom. The average molecular weight is 350 g/mol. The maximum Gasteiger partial charge on any atom is 0.248 e. The van der Waals surface area contributed by atoms with Crippen LogP contribution in [-0.4, -0.2) is 30.5 Å². The van der Waals surface area contributed by atoms with Gasteiger partial charge in [-0.3, -0.25) is 9.69 Å². The molecule has 0 aliphatic carbocycles. The first-order valence-corrected chi connectivity index (χ1v) is 9.27. The van der Waals surface area contributed by atoms with Crippen molar-refractivity contribution in [1.82, 2.24) is 4.90 Å². The first-order chi connectivity index (χ1) is 12.8. The lowest BCUT2D eigenvalue weighted by molar-refractivity contribution is -0.111. The van der Waals surface area contributed by atoms with E-state index < -0.39 is 0 Å². The van der Waals surface area contributed by atoms with Gasteiger partial charge < -0.3 is 10.1 Å². The number of nitrogens with one attached hydrogen (secondary N) is 1. The molecule has 0 radical (unpaired) electrons. The van der Waals surface area contributed by atoms with Crippen molar-refractivity contribution in [3.05, 3.63) is 65.7 Å². The lowest BCUT2D eigenvalue weighted by Gasteiger charge is -2.17. The Morgan fingerprint density at radius 3 is 2.65 bits per heavy atom. The molecule has 3 rings (SSSR count). The van der Waals surface area contributed by atoms with E-state index in [1.807, 2.05) is 49.4 Å². The second kappa shape index (κ2) is 9.20. The van der Waals surface area contributed by atoms with E-state index in [9.17, 15) is 4.79 Å². The molecule has 1 fully saturated rings. The number of carbonyl (C=O) groups excluding carboxylic acids is 1. The van der Waals surface area contributed by atoms with Crippen molar-refractivity contribution in [1.29, 1.82) is 0 Å². The highest BCUT2D eigenvalue weighted by molar-refractivity contribution is 6.02. The van der Waals surface area contributed by atoms with E-state index in [1.54, 1.807) is 12.2 Å². The van der Waals surface area contributed by atoms with E-state index in [2.05, 4.69) is 16.3 Å². The summed E-state index contributed by atoms with van der Waals surface area (Å²) in [5.74, 6) is 0.652. The summed E-state index contributed by atoms with van der Waals surface area (Å²) in [7, 11) is 0. The molecule has 1 aliphatic heterocycles. The number of amides is 1. The Balaban J connectivity index is 1.67. The van der Waals surface area contributed by atoms with E-state index in [-0.39, 0.29) is 5.91 Å². The molecule has 136 valence electrons. The normalized spacial score (nSPS) is 14.7. The van der Waals surface area contributed by atoms with Gasteiger partial charge in [0.2, 0.25) is 5.91 Å². The molecule has 1 aliphatic rings. The summed E-state index contributed by atoms with van der Waals surface area (Å²) in [4.78, 5) is 14.8. The van der Waals surface area contributed by atoms with Gasteiger partial charge in [-0.1, -0.05) is 36.4 Å². The van der Waals surface area contributed by atoms with Gasteiger partial charge in [0.05, 0.1) is 6.61 Å². The van der Waals surface area contributed by atoms with E-state index in [0.717, 1.165) is 42.2 Å². The third-order valence-electron chi connectivity index (χ3n) is 4.50. The molecule has 1 heterocycles. The molecule has 2 aromatic rings. The fourth-order valence-corrected chi connectivity index (χ4v) is 3.21. The summed E-state index contributed by atoms with van der Waals surface area (Å²) >= 11 is 0. The number of benzene rings is 2. The Morgan fingerprint density at radius 2 is 1.85 bits per heavy atom. The fourth-order valence-electron chi connectivity index (χ4n) is 3.21. The van der Waals surface area contributed by atoms with Crippen LogP contribution >= 0.6 is 0 Å². The zero-order chi connectivity index (χ0) is 18.2. The van der Waals surface area contributed by atoms with Crippen LogP contribution in [0.15, 0.2) is 54.6 Å². The number of likely N-dealkylation sites (tertiary alicyclic amines) is 1. The maximum atomic E-state index is 12.4. The molecule has 1 N–H and O–H groups in total. The van der Waals surface area contributed by atoms with Crippen LogP contribution in [0.25, 0.3) is 6.08 Å². The van der Waals surface area contributed by atoms with Crippen molar-refractivity contribution in [2.75, 3.05) is 25.0 Å². The predicted octanol–water partition coefficient (Wildman–Crippen LogP) is 4.33. The first kappa shape index (κ1) is 18.2. The van der Waals surface area contributed by atoms with Crippen molar-refractivity contribution in [3.63, 3.8) is 0 Å². The topological polar surface area (TPSA) is 41.6 Å². The number of carbonyl (C=O) groups is 1. The lowest BCUT2D eigenvalue weighted by atomic mass is 10.1. The fraction of sp³-hybridized carbons (Fsp3) is 0.318. The third-order valence-corrected chi connectivity index (χ3v) is 4.50. The van der Waals surface area contributed by atoms with Crippen LogP contribution in [0.4, 0.5) is 5.69 Å². The number of hydrogen-bond donors (Lipinski definition) is 1. The standard InChI is InChI=1S/C22H26N2O2/c1-2-26-21-12-6-4-9-18(21)13-14-22(25)23-20-11-5-3-10-19(20)17-24-15-7-8-16-24/h3-6,9-14H,2,7-8,15-17H2,1H3,(H,23,25)/b14-13+. The Labute approximate surface area is 155 Å². The third kappa shape index (κ3) is 4.96. The lowest BCUT2D eigenvalue weighted by Crippen LogP contribution is -2.20. The quantitative estimate of drug-likeness (QED) is 0.756. The average Bonchev–Trinajstić information content (AvgIpc) is 3.16. The minimum absolute atomic E-state index is 0.134. The molecule has 1 saturated heterocycles. The van der Waals surface area contributed by atoms with Gasteiger partial charge in [-0.2, -0.15) is 0 Å². The molecular formula is C22H26N2O2. The number of nitrogens with zero attached hydrogens (tertiary/aromatic N) is 1. The number of anilines is 1. The Bertz CT molecular complexity index is 764. The van der Waals surface area contributed by atoms with Crippen LogP contribution in [-0.2, 0) is 11.3 Å². The highest BCUT2D eigenvalue weighted by Crippen LogP contribution is 2.21. The molecule has 26 heavy (non-hydrogen) atoms. The first-order valence-electron chi connectivity index (χ1n) is 9.27. The van der Waals surface area contributed by atoms with Gasteiger partial charge in [0.1, 0.15) is 5.75 Å². The van der Waals surface area contributed by atoms with Crippen LogP contribution in [0.2, 0.25) is 0 Å². The Kier molecular flexibility index (Phi) is 6.45. The van der Waals surface area contributed by atoms with Gasteiger partial charge in [-0.05, 0) is 56.6 Å². The van der Waals surface area contributed by atoms with E-state index in [1.165, 1.54) is 12.8 Å². The SMILES string of the molecule is CCOc1ccccc1/C=C/C(=O)Nc1ccccc1CN1CCCC1. The van der Waals surface area contributed by atoms with Gasteiger partial charge >= 0.3 is 0 Å². The highest BCUT2D eigenvalue weighted by Gasteiger charge is 2.14. The Hall–Kier alpha value is -2.59. The van der Waals surface area contributed by atoms with Crippen LogP contribution in [0, 0.1) is 0 Å². The second-order valence-electron chi connectivity index (χ2n) is 6.43. The number of para-hydroxylation sites is 2. The molecule has 1 amide bonds. The van der Waals surface area contributed by atoms with E-state index in [0.29, 0.717) is 6.61 Å². The summed E-state index contributed by atoms with van der Waals surface area (Å²) in [5, 5.41) is 3.01. The van der Waals surface area contributed by atoms with Crippen LogP contribution in [0.3, 0.4) is 0 Å². The number of hydrogen-bond acceptors (Lipinski definition) is 3. The molecule has 0 saturated carbocycles. The molecule has 2 aromatic carbocycles. The zero-order valence-electron chi connectivity index (χ0n) is 15.3. The van der Waals surface area contributed by atoms with Gasteiger partial charge in [0.15, 0.2) is 0 Å². The summed E-state index contributed by atoms with van der Waals surface area (Å²) in [6.45, 7) is 5.70. The van der Waals surface area contributed by atoms with Gasteiger partial charge in [0, 0.05) is 23.9 Å². The minimum Gasteiger partial charge on any atom is -0.493 e. The summed E-state index contributed by atoms with van der Waals surface area (Å²) in [6.07, 6.45) is 5.88. The zero-order valence-corrected chi connectivity index (χ0v) is 15.3. The van der Waals surface area contributed by atoms with Gasteiger partial charge in [-0.15, -0.1) is 0 Å². The van der Waals surface area contributed by atoms with E-state index in [4.69, 9.17) is 4.74 Å². The van der Waals surface area contributed by atoms with Gasteiger partial charge in [-0.25, -0.2) is 0 Å². The van der Waals surface area contributed by atoms with Crippen LogP contribution in [0.1, 0.15) is 30.9 Å². The predicted molar refractivity (Wildman–Crippen MR) is 106 cm³/mol. The van der Waals surface area contributed by atoms with Crippen molar-refractivity contribution < 1.29 is 9.53 Å². The van der Waals surface area contributed by atoms with Crippen molar-refractivity contribution in [2.24, 2.45) is 0 Å². The van der Waals surface area contributed by atoms with E-state index >= 15 is 0 Å². The highest BCUT2D eigenvalue weighted by atomic mass is 16.5. The molecular weight excluding hydrogens is 324 g/mol. The van der Waals surface area contributed by atoms with Crippen molar-refractivity contribution in [3.8, 4) is 5.75 Å². The summed E-state index contributed by atoms with van der Waals surface area (Å²) in [6, 6.07) is 15.7. The monoisotopic (exact) mass is 350 g/mol. The molecule has 0 unspecified atom stereocenters. The molecule has 0 atom stereocenters. The summed E-state index contributed by atoms with van der Waals surface area (Å²) in [5.41, 5.74) is 2.94. The minimum atomic E-state index is -0.134. The molecule has 0 spiro atoms. The summed E-state index contributed by atoms with van der Waals surface area (Å²) < 4.78 is 5.59. The largest absolute Gasteiger partial charge is 0.493 e. The van der Waals surface area contributed by atoms with Crippen LogP contribution in [0.5, 0.6) is 5.75 Å². The molecule has 4 nitrogen and oxygen atoms in total. The van der Waals surface area contributed by atoms with Crippen LogP contribution < -0.4 is 10.1 Å². The van der Waals surface area contributed by atoms with Gasteiger partial charge in [0.25, 0.3) is 0 Å². The molecule has 0 aromatic heterocycles. The molecule has 0 bridgehead atoms. The number of ether oxygens (including phenoxy) is 1. The molecule has 4 heteroatoms. The van der Waals surface area contributed by atoms with Crippen molar-refractivity contribution >= 4 is 17.7 Å². The van der Waals surface area contributed by atoms with Crippen molar-refractivity contribution in [2.45, 2.75) is 26.3 Å². The maximum absolute atomic E-state index is 12.4. The smallest absolute Gasteiger partial charge is 0.248 e. The second-order valence-corrected chi connectivity index (χ2v) is 6.43. The number of rotatable bonds is 7.